The van der Waals surface area contributed by atoms with Crippen LogP contribution in [0.15, 0.2) is 29.3 Å². The summed E-state index contributed by atoms with van der Waals surface area (Å²) >= 11 is 5.82. The first-order chi connectivity index (χ1) is 11.6. The molecule has 1 aromatic rings. The molecule has 6 nitrogen and oxygen atoms in total. The summed E-state index contributed by atoms with van der Waals surface area (Å²) in [5.41, 5.74) is 0.743. The number of carbonyl (C=O) groups excluding carboxylic acids is 1. The van der Waals surface area contributed by atoms with Crippen molar-refractivity contribution in [3.8, 4) is 0 Å². The van der Waals surface area contributed by atoms with E-state index in [-0.39, 0.29) is 36.0 Å². The fourth-order valence-electron chi connectivity index (χ4n) is 2.54. The predicted octanol–water partition coefficient (Wildman–Crippen LogP) is 2.71. The average Bonchev–Trinajstić information content (AvgIpc) is 2.99. The monoisotopic (exact) mass is 480 g/mol. The summed E-state index contributed by atoms with van der Waals surface area (Å²) in [4.78, 5) is 18.5. The minimum Gasteiger partial charge on any atom is -0.391 e. The summed E-state index contributed by atoms with van der Waals surface area (Å²) in [5.74, 6) is 0.779. The largest absolute Gasteiger partial charge is 0.391 e. The molecule has 1 aromatic carbocycles. The van der Waals surface area contributed by atoms with E-state index in [1.807, 2.05) is 6.92 Å². The molecule has 140 valence electrons. The van der Waals surface area contributed by atoms with Crippen LogP contribution >= 0.6 is 35.6 Å². The van der Waals surface area contributed by atoms with E-state index in [1.54, 1.807) is 24.3 Å². The molecule has 0 bridgehead atoms. The van der Waals surface area contributed by atoms with Crippen LogP contribution < -0.4 is 10.6 Å². The van der Waals surface area contributed by atoms with Crippen LogP contribution in [-0.4, -0.2) is 54.2 Å². The minimum atomic E-state index is -0.279. The van der Waals surface area contributed by atoms with E-state index in [4.69, 9.17) is 11.6 Å². The molecule has 1 saturated heterocycles. The van der Waals surface area contributed by atoms with Gasteiger partial charge in [0.15, 0.2) is 5.96 Å². The number of guanidine groups is 1. The summed E-state index contributed by atoms with van der Waals surface area (Å²) in [6.07, 6.45) is 1.58. The third kappa shape index (κ3) is 7.79. The number of β-amino-alcohol motifs (C(OH)–C–C–N with tert-alkyl or cyclic N) is 1. The first kappa shape index (κ1) is 22.0. The molecule has 1 aliphatic rings. The van der Waals surface area contributed by atoms with E-state index in [2.05, 4.69) is 20.5 Å². The number of amides is 1. The lowest BCUT2D eigenvalue weighted by Crippen LogP contribution is -2.40. The molecule has 1 heterocycles. The molecule has 25 heavy (non-hydrogen) atoms. The van der Waals surface area contributed by atoms with Crippen LogP contribution in [0.1, 0.15) is 26.2 Å². The van der Waals surface area contributed by atoms with Crippen LogP contribution in [0.25, 0.3) is 0 Å². The molecule has 0 spiro atoms. The molecule has 0 aromatic heterocycles. The summed E-state index contributed by atoms with van der Waals surface area (Å²) in [7, 11) is 0. The Morgan fingerprint density at radius 2 is 2.12 bits per heavy atom. The van der Waals surface area contributed by atoms with Gasteiger partial charge in [0.25, 0.3) is 0 Å². The Labute approximate surface area is 171 Å². The normalized spacial score (nSPS) is 17.2. The van der Waals surface area contributed by atoms with Gasteiger partial charge in [-0.1, -0.05) is 11.6 Å². The van der Waals surface area contributed by atoms with Gasteiger partial charge in [-0.15, -0.1) is 24.0 Å². The van der Waals surface area contributed by atoms with E-state index in [1.165, 1.54) is 0 Å². The molecular formula is C17H26ClIN4O2. The molecule has 0 saturated carbocycles. The highest BCUT2D eigenvalue weighted by molar-refractivity contribution is 14.0. The zero-order chi connectivity index (χ0) is 17.4. The number of aliphatic hydroxyl groups is 1. The zero-order valence-electron chi connectivity index (χ0n) is 14.4. The zero-order valence-corrected chi connectivity index (χ0v) is 17.5. The van der Waals surface area contributed by atoms with Gasteiger partial charge >= 0.3 is 0 Å². The van der Waals surface area contributed by atoms with Gasteiger partial charge < -0.3 is 20.6 Å². The van der Waals surface area contributed by atoms with Crippen molar-refractivity contribution in [3.05, 3.63) is 29.3 Å². The number of aliphatic hydroxyl groups excluding tert-OH is 1. The number of hydrogen-bond acceptors (Lipinski definition) is 3. The summed E-state index contributed by atoms with van der Waals surface area (Å²) in [5, 5.41) is 16.3. The molecule has 2 rings (SSSR count). The van der Waals surface area contributed by atoms with Gasteiger partial charge in [-0.05, 0) is 44.0 Å². The molecule has 8 heteroatoms. The second-order valence-electron chi connectivity index (χ2n) is 5.78. The third-order valence-electron chi connectivity index (χ3n) is 3.75. The van der Waals surface area contributed by atoms with Crippen LogP contribution in [0, 0.1) is 0 Å². The molecule has 1 fully saturated rings. The Kier molecular flexibility index (Phi) is 10.1. The highest BCUT2D eigenvalue weighted by Crippen LogP contribution is 2.14. The number of nitrogens with one attached hydrogen (secondary N) is 2. The summed E-state index contributed by atoms with van der Waals surface area (Å²) in [6.45, 7) is 4.79. The molecule has 0 radical (unpaired) electrons. The van der Waals surface area contributed by atoms with E-state index < -0.39 is 0 Å². The summed E-state index contributed by atoms with van der Waals surface area (Å²) < 4.78 is 0. The number of carbonyl (C=O) groups is 1. The van der Waals surface area contributed by atoms with Gasteiger partial charge in [0, 0.05) is 43.3 Å². The van der Waals surface area contributed by atoms with E-state index in [0.717, 1.165) is 31.2 Å². The van der Waals surface area contributed by atoms with Crippen LogP contribution in [0.5, 0.6) is 0 Å². The molecule has 0 unspecified atom stereocenters. The van der Waals surface area contributed by atoms with E-state index in [0.29, 0.717) is 31.0 Å². The highest BCUT2D eigenvalue weighted by atomic mass is 127. The van der Waals surface area contributed by atoms with Gasteiger partial charge in [0.1, 0.15) is 0 Å². The Balaban J connectivity index is 0.00000312. The van der Waals surface area contributed by atoms with Crippen molar-refractivity contribution < 1.29 is 9.90 Å². The quantitative estimate of drug-likeness (QED) is 0.253. The Bertz CT molecular complexity index is 568. The maximum Gasteiger partial charge on any atom is 0.224 e. The van der Waals surface area contributed by atoms with Crippen molar-refractivity contribution in [2.45, 2.75) is 32.3 Å². The standard InChI is InChI=1S/C17H25ClN4O2.HI/c1-2-19-17(22-11-9-15(23)12-22)20-10-3-4-16(24)21-14-7-5-13(18)6-8-14;/h5-8,15,23H,2-4,9-12H2,1H3,(H,19,20)(H,21,24);1H/t15-;/m1./s1. The molecule has 1 amide bonds. The molecule has 1 aliphatic heterocycles. The first-order valence-corrected chi connectivity index (χ1v) is 8.73. The second kappa shape index (κ2) is 11.5. The maximum atomic E-state index is 11.9. The van der Waals surface area contributed by atoms with Crippen molar-refractivity contribution in [2.75, 3.05) is 31.5 Å². The molecular weight excluding hydrogens is 455 g/mol. The number of halogens is 2. The van der Waals surface area contributed by atoms with Crippen molar-refractivity contribution in [1.82, 2.24) is 10.2 Å². The van der Waals surface area contributed by atoms with Crippen LogP contribution in [0.2, 0.25) is 5.02 Å². The lowest BCUT2D eigenvalue weighted by Gasteiger charge is -2.20. The van der Waals surface area contributed by atoms with Crippen molar-refractivity contribution in [3.63, 3.8) is 0 Å². The van der Waals surface area contributed by atoms with E-state index >= 15 is 0 Å². The van der Waals surface area contributed by atoms with Crippen molar-refractivity contribution >= 4 is 53.1 Å². The Morgan fingerprint density at radius 1 is 1.40 bits per heavy atom. The number of anilines is 1. The fourth-order valence-corrected chi connectivity index (χ4v) is 2.67. The number of likely N-dealkylation sites (tertiary alicyclic amines) is 1. The van der Waals surface area contributed by atoms with Crippen LogP contribution in [0.3, 0.4) is 0 Å². The van der Waals surface area contributed by atoms with Crippen molar-refractivity contribution in [1.29, 1.82) is 0 Å². The number of aliphatic imine (C=N–C) groups is 1. The molecule has 0 aliphatic carbocycles. The molecule has 1 atom stereocenters. The SMILES string of the molecule is CCNC(=NCCCC(=O)Nc1ccc(Cl)cc1)N1CC[C@@H](O)C1.I. The number of hydrogen-bond donors (Lipinski definition) is 3. The van der Waals surface area contributed by atoms with Gasteiger partial charge in [-0.2, -0.15) is 0 Å². The third-order valence-corrected chi connectivity index (χ3v) is 4.00. The number of rotatable bonds is 6. The van der Waals surface area contributed by atoms with Crippen LogP contribution in [-0.2, 0) is 4.79 Å². The highest BCUT2D eigenvalue weighted by Gasteiger charge is 2.22. The topological polar surface area (TPSA) is 77.0 Å². The van der Waals surface area contributed by atoms with Crippen molar-refractivity contribution in [2.24, 2.45) is 4.99 Å². The van der Waals surface area contributed by atoms with Gasteiger partial charge in [-0.25, -0.2) is 0 Å². The van der Waals surface area contributed by atoms with Gasteiger partial charge in [0.2, 0.25) is 5.91 Å². The predicted molar refractivity (Wildman–Crippen MR) is 113 cm³/mol. The number of nitrogens with zero attached hydrogens (tertiary/aromatic N) is 2. The average molecular weight is 481 g/mol. The van der Waals surface area contributed by atoms with E-state index in [9.17, 15) is 9.90 Å². The summed E-state index contributed by atoms with van der Waals surface area (Å²) in [6, 6.07) is 7.05. The van der Waals surface area contributed by atoms with Gasteiger partial charge in [0.05, 0.1) is 6.10 Å². The van der Waals surface area contributed by atoms with Gasteiger partial charge in [-0.3, -0.25) is 9.79 Å². The lowest BCUT2D eigenvalue weighted by molar-refractivity contribution is -0.116. The Morgan fingerprint density at radius 3 is 2.72 bits per heavy atom. The first-order valence-electron chi connectivity index (χ1n) is 8.35. The maximum absolute atomic E-state index is 11.9. The van der Waals surface area contributed by atoms with Crippen LogP contribution in [0.4, 0.5) is 5.69 Å². The second-order valence-corrected chi connectivity index (χ2v) is 6.22. The Hall–Kier alpha value is -1.06. The number of benzene rings is 1. The smallest absolute Gasteiger partial charge is 0.224 e. The fraction of sp³-hybridized carbons (Fsp3) is 0.529. The minimum absolute atomic E-state index is 0. The molecule has 3 N–H and O–H groups in total. The lowest BCUT2D eigenvalue weighted by atomic mass is 10.2.